The van der Waals surface area contributed by atoms with Crippen molar-refractivity contribution >= 4 is 17.6 Å². The van der Waals surface area contributed by atoms with Crippen molar-refractivity contribution in [2.45, 2.75) is 25.1 Å². The number of carboxylic acid groups (broad SMARTS) is 1. The average Bonchev–Trinajstić information content (AvgIpc) is 2.58. The first-order valence-corrected chi connectivity index (χ1v) is 5.48. The molecule has 1 amide bonds. The van der Waals surface area contributed by atoms with Crippen LogP contribution in [0.5, 0.6) is 0 Å². The zero-order valence-corrected chi connectivity index (χ0v) is 9.90. The Morgan fingerprint density at radius 2 is 2.05 bits per heavy atom. The lowest BCUT2D eigenvalue weighted by Crippen LogP contribution is -2.56. The summed E-state index contributed by atoms with van der Waals surface area (Å²) in [4.78, 5) is 27.2. The van der Waals surface area contributed by atoms with E-state index in [1.807, 2.05) is 0 Å². The fourth-order valence-corrected chi connectivity index (χ4v) is 1.94. The van der Waals surface area contributed by atoms with Crippen LogP contribution in [0, 0.1) is 5.92 Å². The Balaban J connectivity index is 1.90. The summed E-state index contributed by atoms with van der Waals surface area (Å²) in [5.74, 6) is -3.44. The van der Waals surface area contributed by atoms with Gasteiger partial charge in [0.1, 0.15) is 0 Å². The van der Waals surface area contributed by atoms with E-state index >= 15 is 0 Å². The van der Waals surface area contributed by atoms with Gasteiger partial charge in [-0.1, -0.05) is 5.16 Å². The second-order valence-corrected chi connectivity index (χ2v) is 4.79. The molecule has 0 spiro atoms. The van der Waals surface area contributed by atoms with Crippen molar-refractivity contribution < 1.29 is 32.7 Å². The maximum absolute atomic E-state index is 12.1. The second kappa shape index (κ2) is 4.10. The summed E-state index contributed by atoms with van der Waals surface area (Å²) in [6.45, 7) is 1.11. The number of carbonyl (C=O) groups excluding carboxylic acids is 1. The summed E-state index contributed by atoms with van der Waals surface area (Å²) in [5, 5.41) is 12.5. The van der Waals surface area contributed by atoms with Crippen LogP contribution in [0.3, 0.4) is 0 Å². The van der Waals surface area contributed by atoms with E-state index in [9.17, 15) is 22.8 Å². The molecule has 1 N–H and O–H groups in total. The second-order valence-electron chi connectivity index (χ2n) is 4.79. The third kappa shape index (κ3) is 2.36. The van der Waals surface area contributed by atoms with Crippen LogP contribution in [0.4, 0.5) is 13.2 Å². The smallest absolute Gasteiger partial charge is 0.471 e. The number of alkyl halides is 3. The van der Waals surface area contributed by atoms with Gasteiger partial charge in [-0.25, -0.2) is 4.79 Å². The van der Waals surface area contributed by atoms with Gasteiger partial charge in [0.2, 0.25) is 5.60 Å². The van der Waals surface area contributed by atoms with Gasteiger partial charge in [-0.2, -0.15) is 13.2 Å². The number of aliphatic carboxylic acids is 1. The highest BCUT2D eigenvalue weighted by Crippen LogP contribution is 2.32. The first kappa shape index (κ1) is 13.6. The Morgan fingerprint density at radius 3 is 2.47 bits per heavy atom. The SMILES string of the molecule is CC1(C(=O)O)CC(C2CN(C(=O)C(F)(F)F)C2)=NO1. The summed E-state index contributed by atoms with van der Waals surface area (Å²) in [6.07, 6.45) is -4.87. The third-order valence-corrected chi connectivity index (χ3v) is 3.22. The van der Waals surface area contributed by atoms with E-state index in [-0.39, 0.29) is 25.4 Å². The molecule has 0 aromatic carbocycles. The number of hydrogen-bond donors (Lipinski definition) is 1. The summed E-state index contributed by atoms with van der Waals surface area (Å²) in [7, 11) is 0. The molecule has 2 aliphatic heterocycles. The van der Waals surface area contributed by atoms with Gasteiger partial charge in [-0.15, -0.1) is 0 Å². The molecular formula is C10H11F3N2O4. The number of hydrogen-bond acceptors (Lipinski definition) is 4. The number of halogens is 3. The van der Waals surface area contributed by atoms with E-state index in [4.69, 9.17) is 9.94 Å². The lowest BCUT2D eigenvalue weighted by atomic mass is 9.87. The van der Waals surface area contributed by atoms with Crippen LogP contribution in [0.2, 0.25) is 0 Å². The van der Waals surface area contributed by atoms with Crippen molar-refractivity contribution in [2.75, 3.05) is 13.1 Å². The standard InChI is InChI=1S/C10H11F3N2O4/c1-9(8(17)18)2-6(14-19-9)5-3-15(4-5)7(16)10(11,12)13/h5H,2-4H2,1H3,(H,17,18). The number of nitrogens with zero attached hydrogens (tertiary/aromatic N) is 2. The van der Waals surface area contributed by atoms with Crippen molar-refractivity contribution in [3.05, 3.63) is 0 Å². The van der Waals surface area contributed by atoms with E-state index in [2.05, 4.69) is 5.16 Å². The monoisotopic (exact) mass is 280 g/mol. The van der Waals surface area contributed by atoms with E-state index < -0.39 is 23.7 Å². The number of amides is 1. The maximum atomic E-state index is 12.1. The van der Waals surface area contributed by atoms with Crippen LogP contribution in [0.1, 0.15) is 13.3 Å². The predicted molar refractivity (Wildman–Crippen MR) is 55.3 cm³/mol. The minimum Gasteiger partial charge on any atom is -0.478 e. The molecule has 0 saturated carbocycles. The molecule has 1 saturated heterocycles. The zero-order valence-electron chi connectivity index (χ0n) is 9.90. The van der Waals surface area contributed by atoms with Gasteiger partial charge >= 0.3 is 18.1 Å². The van der Waals surface area contributed by atoms with Crippen molar-refractivity contribution in [2.24, 2.45) is 11.1 Å². The van der Waals surface area contributed by atoms with Crippen molar-refractivity contribution in [1.82, 2.24) is 4.90 Å². The quantitative estimate of drug-likeness (QED) is 0.804. The number of likely N-dealkylation sites (tertiary alicyclic amines) is 1. The Morgan fingerprint density at radius 1 is 1.47 bits per heavy atom. The van der Waals surface area contributed by atoms with Crippen LogP contribution < -0.4 is 0 Å². The van der Waals surface area contributed by atoms with Gasteiger partial charge in [0.15, 0.2) is 0 Å². The first-order chi connectivity index (χ1) is 8.63. The Bertz CT molecular complexity index is 456. The highest BCUT2D eigenvalue weighted by atomic mass is 19.4. The van der Waals surface area contributed by atoms with E-state index in [1.165, 1.54) is 6.92 Å². The molecule has 2 rings (SSSR count). The predicted octanol–water partition coefficient (Wildman–Crippen LogP) is 0.627. The molecular weight excluding hydrogens is 269 g/mol. The molecule has 0 bridgehead atoms. The van der Waals surface area contributed by atoms with Crippen LogP contribution in [-0.4, -0.2) is 52.5 Å². The fraction of sp³-hybridized carbons (Fsp3) is 0.700. The third-order valence-electron chi connectivity index (χ3n) is 3.22. The van der Waals surface area contributed by atoms with Crippen LogP contribution >= 0.6 is 0 Å². The van der Waals surface area contributed by atoms with Gasteiger partial charge in [0.25, 0.3) is 0 Å². The Labute approximate surface area is 105 Å². The zero-order chi connectivity index (χ0) is 14.4. The Hall–Kier alpha value is -1.80. The van der Waals surface area contributed by atoms with Crippen LogP contribution in [0.15, 0.2) is 5.16 Å². The van der Waals surface area contributed by atoms with Gasteiger partial charge in [-0.3, -0.25) is 4.79 Å². The van der Waals surface area contributed by atoms with Crippen LogP contribution in [-0.2, 0) is 14.4 Å². The van der Waals surface area contributed by atoms with Crippen molar-refractivity contribution in [3.8, 4) is 0 Å². The van der Waals surface area contributed by atoms with Crippen molar-refractivity contribution in [3.63, 3.8) is 0 Å². The molecule has 0 aromatic heterocycles. The summed E-state index contributed by atoms with van der Waals surface area (Å²) < 4.78 is 36.4. The molecule has 1 atom stereocenters. The molecule has 19 heavy (non-hydrogen) atoms. The van der Waals surface area contributed by atoms with Gasteiger partial charge < -0.3 is 14.8 Å². The number of carbonyl (C=O) groups is 2. The van der Waals surface area contributed by atoms with Gasteiger partial charge in [0.05, 0.1) is 5.71 Å². The molecule has 1 fully saturated rings. The average molecular weight is 280 g/mol. The molecule has 2 aliphatic rings. The topological polar surface area (TPSA) is 79.2 Å². The molecule has 0 aliphatic carbocycles. The molecule has 1 unspecified atom stereocenters. The van der Waals surface area contributed by atoms with Gasteiger partial charge in [-0.05, 0) is 6.92 Å². The number of rotatable bonds is 2. The molecule has 106 valence electrons. The molecule has 9 heteroatoms. The highest BCUT2D eigenvalue weighted by molar-refractivity contribution is 5.96. The lowest BCUT2D eigenvalue weighted by Gasteiger charge is -2.39. The fourth-order valence-electron chi connectivity index (χ4n) is 1.94. The van der Waals surface area contributed by atoms with Crippen molar-refractivity contribution in [1.29, 1.82) is 0 Å². The molecule has 0 aromatic rings. The number of oxime groups is 1. The van der Waals surface area contributed by atoms with E-state index in [1.54, 1.807) is 0 Å². The molecule has 2 heterocycles. The van der Waals surface area contributed by atoms with E-state index in [0.29, 0.717) is 10.6 Å². The van der Waals surface area contributed by atoms with E-state index in [0.717, 1.165) is 0 Å². The minimum absolute atomic E-state index is 0.0149. The van der Waals surface area contributed by atoms with Gasteiger partial charge in [0, 0.05) is 25.4 Å². The minimum atomic E-state index is -4.88. The number of carboxylic acids is 1. The Kier molecular flexibility index (Phi) is 2.94. The first-order valence-electron chi connectivity index (χ1n) is 5.48. The largest absolute Gasteiger partial charge is 0.478 e. The highest BCUT2D eigenvalue weighted by Gasteiger charge is 2.50. The van der Waals surface area contributed by atoms with Crippen LogP contribution in [0.25, 0.3) is 0 Å². The normalized spacial score (nSPS) is 27.6. The summed E-state index contributed by atoms with van der Waals surface area (Å²) >= 11 is 0. The summed E-state index contributed by atoms with van der Waals surface area (Å²) in [5.41, 5.74) is -1.08. The molecule has 0 radical (unpaired) electrons. The maximum Gasteiger partial charge on any atom is 0.471 e. The lowest BCUT2D eigenvalue weighted by molar-refractivity contribution is -0.190. The summed E-state index contributed by atoms with van der Waals surface area (Å²) in [6, 6.07) is 0. The molecule has 6 nitrogen and oxygen atoms in total.